The van der Waals surface area contributed by atoms with Gasteiger partial charge in [-0.05, 0) is 80.0 Å². The molecule has 5 rings (SSSR count). The summed E-state index contributed by atoms with van der Waals surface area (Å²) < 4.78 is 17.1. The number of allylic oxidation sites excluding steroid dienone is 1. The second kappa shape index (κ2) is 8.09. The lowest BCUT2D eigenvalue weighted by molar-refractivity contribution is -0.146. The van der Waals surface area contributed by atoms with E-state index in [1.165, 1.54) is 29.5 Å². The van der Waals surface area contributed by atoms with Crippen molar-refractivity contribution in [3.8, 4) is 11.5 Å². The average Bonchev–Trinajstić information content (AvgIpc) is 3.06. The van der Waals surface area contributed by atoms with E-state index in [1.807, 2.05) is 0 Å². The van der Waals surface area contributed by atoms with Crippen LogP contribution in [0.5, 0.6) is 11.5 Å². The standard InChI is InChI=1S/C27H37NO4/c1-16-7-6-9-27(3)14-25-20(12-22(16)27)21(26(29)32-25)15-28-10-8-18-11-23(30-4)24(31-5)13-19(18)17(28)2/h11,13,17,20-22,25H,1,6-10,12,14-15H2,2-5H3/t17-,20-,21?,22+,25-,27-/m1/s1. The Bertz CT molecular complexity index is 926. The summed E-state index contributed by atoms with van der Waals surface area (Å²) in [6.45, 7) is 10.8. The Morgan fingerprint density at radius 2 is 1.97 bits per heavy atom. The quantitative estimate of drug-likeness (QED) is 0.491. The number of hydrogen-bond acceptors (Lipinski definition) is 5. The van der Waals surface area contributed by atoms with Gasteiger partial charge in [-0.25, -0.2) is 0 Å². The molecule has 3 fully saturated rings. The molecule has 1 aromatic carbocycles. The van der Waals surface area contributed by atoms with E-state index < -0.39 is 0 Å². The first-order valence-electron chi connectivity index (χ1n) is 12.2. The molecule has 174 valence electrons. The van der Waals surface area contributed by atoms with Gasteiger partial charge in [0.15, 0.2) is 11.5 Å². The second-order valence-corrected chi connectivity index (χ2v) is 10.7. The minimum absolute atomic E-state index is 0.0122. The lowest BCUT2D eigenvalue weighted by atomic mass is 9.55. The molecule has 5 heteroatoms. The first kappa shape index (κ1) is 21.8. The van der Waals surface area contributed by atoms with E-state index in [2.05, 4.69) is 37.5 Å². The summed E-state index contributed by atoms with van der Waals surface area (Å²) in [5.74, 6) is 2.37. The molecule has 1 unspecified atom stereocenters. The molecule has 0 N–H and O–H groups in total. The topological polar surface area (TPSA) is 48.0 Å². The number of benzene rings is 1. The van der Waals surface area contributed by atoms with Crippen LogP contribution in [0, 0.1) is 23.2 Å². The summed E-state index contributed by atoms with van der Waals surface area (Å²) >= 11 is 0. The largest absolute Gasteiger partial charge is 0.493 e. The first-order chi connectivity index (χ1) is 15.3. The van der Waals surface area contributed by atoms with Gasteiger partial charge in [-0.15, -0.1) is 0 Å². The highest BCUT2D eigenvalue weighted by atomic mass is 16.6. The van der Waals surface area contributed by atoms with Crippen LogP contribution in [0.25, 0.3) is 0 Å². The van der Waals surface area contributed by atoms with Gasteiger partial charge < -0.3 is 14.2 Å². The van der Waals surface area contributed by atoms with Crippen LogP contribution >= 0.6 is 0 Å². The summed E-state index contributed by atoms with van der Waals surface area (Å²) in [5, 5.41) is 0. The summed E-state index contributed by atoms with van der Waals surface area (Å²) in [6.07, 6.45) is 6.68. The zero-order valence-electron chi connectivity index (χ0n) is 20.0. The summed E-state index contributed by atoms with van der Waals surface area (Å²) in [5.41, 5.74) is 4.23. The molecule has 2 aliphatic heterocycles. The van der Waals surface area contributed by atoms with Gasteiger partial charge in [0.05, 0.1) is 20.1 Å². The fraction of sp³-hybridized carbons (Fsp3) is 0.667. The highest BCUT2D eigenvalue weighted by Crippen LogP contribution is 2.57. The van der Waals surface area contributed by atoms with Crippen LogP contribution in [0.1, 0.15) is 63.1 Å². The number of methoxy groups -OCH3 is 2. The number of esters is 1. The number of nitrogens with zero attached hydrogens (tertiary/aromatic N) is 1. The van der Waals surface area contributed by atoms with E-state index in [-0.39, 0.29) is 29.4 Å². The molecule has 2 heterocycles. The van der Waals surface area contributed by atoms with Crippen molar-refractivity contribution in [3.63, 3.8) is 0 Å². The van der Waals surface area contributed by atoms with Crippen molar-refractivity contribution in [2.45, 2.75) is 64.5 Å². The van der Waals surface area contributed by atoms with Crippen molar-refractivity contribution in [2.75, 3.05) is 27.3 Å². The Balaban J connectivity index is 1.35. The lowest BCUT2D eigenvalue weighted by Crippen LogP contribution is -2.46. The molecule has 0 radical (unpaired) electrons. The molecule has 1 saturated heterocycles. The number of carbonyl (C=O) groups is 1. The normalized spacial score (nSPS) is 36.7. The molecule has 32 heavy (non-hydrogen) atoms. The van der Waals surface area contributed by atoms with Gasteiger partial charge in [0.1, 0.15) is 6.10 Å². The van der Waals surface area contributed by atoms with Crippen LogP contribution in [-0.4, -0.2) is 44.3 Å². The van der Waals surface area contributed by atoms with E-state index in [0.717, 1.165) is 50.3 Å². The van der Waals surface area contributed by atoms with Gasteiger partial charge in [0, 0.05) is 25.0 Å². The number of rotatable bonds is 4. The third-order valence-corrected chi connectivity index (χ3v) is 9.06. The van der Waals surface area contributed by atoms with Crippen LogP contribution in [-0.2, 0) is 16.0 Å². The predicted octanol–water partition coefficient (Wildman–Crippen LogP) is 4.94. The zero-order valence-corrected chi connectivity index (χ0v) is 20.0. The number of fused-ring (bicyclic) bond motifs is 3. The van der Waals surface area contributed by atoms with E-state index in [4.69, 9.17) is 14.2 Å². The van der Waals surface area contributed by atoms with E-state index in [1.54, 1.807) is 14.2 Å². The van der Waals surface area contributed by atoms with Crippen molar-refractivity contribution < 1.29 is 19.0 Å². The third-order valence-electron chi connectivity index (χ3n) is 9.06. The molecule has 1 aromatic rings. The summed E-state index contributed by atoms with van der Waals surface area (Å²) in [4.78, 5) is 15.5. The molecular weight excluding hydrogens is 402 g/mol. The minimum Gasteiger partial charge on any atom is -0.493 e. The van der Waals surface area contributed by atoms with Crippen LogP contribution in [0.15, 0.2) is 24.3 Å². The Kier molecular flexibility index (Phi) is 5.51. The number of ether oxygens (including phenoxy) is 3. The average molecular weight is 440 g/mol. The Hall–Kier alpha value is -2.01. The zero-order chi connectivity index (χ0) is 22.6. The number of carbonyl (C=O) groups excluding carboxylic acids is 1. The second-order valence-electron chi connectivity index (χ2n) is 10.7. The lowest BCUT2D eigenvalue weighted by Gasteiger charge is -2.50. The van der Waals surface area contributed by atoms with E-state index in [0.29, 0.717) is 11.8 Å². The molecule has 0 amide bonds. The van der Waals surface area contributed by atoms with Crippen molar-refractivity contribution in [2.24, 2.45) is 23.2 Å². The molecular formula is C27H37NO4. The Morgan fingerprint density at radius 3 is 2.72 bits per heavy atom. The van der Waals surface area contributed by atoms with Crippen molar-refractivity contribution >= 4 is 5.97 Å². The highest BCUT2D eigenvalue weighted by Gasteiger charge is 2.55. The van der Waals surface area contributed by atoms with Gasteiger partial charge >= 0.3 is 5.97 Å². The monoisotopic (exact) mass is 439 g/mol. The van der Waals surface area contributed by atoms with Crippen molar-refractivity contribution in [1.82, 2.24) is 4.90 Å². The van der Waals surface area contributed by atoms with Crippen LogP contribution in [0.2, 0.25) is 0 Å². The molecule has 0 aromatic heterocycles. The molecule has 4 aliphatic rings. The highest BCUT2D eigenvalue weighted by molar-refractivity contribution is 5.75. The minimum atomic E-state index is -0.0385. The maximum Gasteiger partial charge on any atom is 0.310 e. The van der Waals surface area contributed by atoms with Gasteiger partial charge in [-0.3, -0.25) is 9.69 Å². The molecule has 0 bridgehead atoms. The van der Waals surface area contributed by atoms with E-state index in [9.17, 15) is 4.79 Å². The fourth-order valence-corrected chi connectivity index (χ4v) is 7.16. The smallest absolute Gasteiger partial charge is 0.310 e. The van der Waals surface area contributed by atoms with Gasteiger partial charge in [0.2, 0.25) is 0 Å². The maximum absolute atomic E-state index is 13.0. The van der Waals surface area contributed by atoms with Gasteiger partial charge in [-0.1, -0.05) is 19.1 Å². The third kappa shape index (κ3) is 3.44. The maximum atomic E-state index is 13.0. The summed E-state index contributed by atoms with van der Waals surface area (Å²) in [6, 6.07) is 4.45. The predicted molar refractivity (Wildman–Crippen MR) is 124 cm³/mol. The first-order valence-corrected chi connectivity index (χ1v) is 12.2. The van der Waals surface area contributed by atoms with Crippen molar-refractivity contribution in [1.29, 1.82) is 0 Å². The molecule has 5 nitrogen and oxygen atoms in total. The molecule has 2 aliphatic carbocycles. The van der Waals surface area contributed by atoms with E-state index >= 15 is 0 Å². The fourth-order valence-electron chi connectivity index (χ4n) is 7.16. The van der Waals surface area contributed by atoms with Gasteiger partial charge in [0.25, 0.3) is 0 Å². The SMILES string of the molecule is C=C1CCC[C@]2(C)C[C@H]3OC(=O)C(CN4CCc5cc(OC)c(OC)cc5[C@H]4C)[C@H]3C[C@@H]12. The Morgan fingerprint density at radius 1 is 1.22 bits per heavy atom. The van der Waals surface area contributed by atoms with Crippen LogP contribution < -0.4 is 9.47 Å². The molecule has 6 atom stereocenters. The van der Waals surface area contributed by atoms with Crippen molar-refractivity contribution in [3.05, 3.63) is 35.4 Å². The molecule has 2 saturated carbocycles. The molecule has 0 spiro atoms. The Labute approximate surface area is 192 Å². The summed E-state index contributed by atoms with van der Waals surface area (Å²) in [7, 11) is 3.36. The number of hydrogen-bond donors (Lipinski definition) is 0. The van der Waals surface area contributed by atoms with Crippen LogP contribution in [0.4, 0.5) is 0 Å². The van der Waals surface area contributed by atoms with Crippen LogP contribution in [0.3, 0.4) is 0 Å². The van der Waals surface area contributed by atoms with Gasteiger partial charge in [-0.2, -0.15) is 0 Å².